The average Bonchev–Trinajstić information content (AvgIpc) is 2.84. The fraction of sp³-hybridized carbons (Fsp3) is 0.438. The van der Waals surface area contributed by atoms with E-state index in [0.717, 1.165) is 6.07 Å². The number of carbonyl (C=O) groups is 3. The summed E-state index contributed by atoms with van der Waals surface area (Å²) in [4.78, 5) is 36.4. The quantitative estimate of drug-likeness (QED) is 0.804. The van der Waals surface area contributed by atoms with Crippen LogP contribution in [0.2, 0.25) is 0 Å². The first kappa shape index (κ1) is 17.1. The van der Waals surface area contributed by atoms with Crippen LogP contribution in [0.15, 0.2) is 6.07 Å². The van der Waals surface area contributed by atoms with Crippen molar-refractivity contribution >= 4 is 17.7 Å². The van der Waals surface area contributed by atoms with Crippen LogP contribution in [-0.2, 0) is 16.1 Å². The third-order valence-electron chi connectivity index (χ3n) is 3.95. The lowest BCUT2D eigenvalue weighted by Crippen LogP contribution is -2.52. The second-order valence-electron chi connectivity index (χ2n) is 5.22. The molecule has 0 saturated carbocycles. The van der Waals surface area contributed by atoms with Crippen LogP contribution in [0.5, 0.6) is 0 Å². The zero-order valence-corrected chi connectivity index (χ0v) is 13.2. The Morgan fingerprint density at radius 3 is 2.48 bits per heavy atom. The smallest absolute Gasteiger partial charge is 0.255 e. The zero-order chi connectivity index (χ0) is 17.3. The molecule has 0 radical (unpaired) electrons. The maximum absolute atomic E-state index is 14.1. The van der Waals surface area contributed by atoms with Crippen LogP contribution in [-0.4, -0.2) is 28.7 Å². The van der Waals surface area contributed by atoms with Crippen molar-refractivity contribution < 1.29 is 23.2 Å². The van der Waals surface area contributed by atoms with Gasteiger partial charge in [-0.3, -0.25) is 19.7 Å². The van der Waals surface area contributed by atoms with Crippen molar-refractivity contribution in [3.63, 3.8) is 0 Å². The Labute approximate surface area is 132 Å². The molecule has 3 amide bonds. The molecule has 5 nitrogen and oxygen atoms in total. The molecular formula is C16H18F2N2O3. The van der Waals surface area contributed by atoms with Crippen molar-refractivity contribution in [2.24, 2.45) is 0 Å². The van der Waals surface area contributed by atoms with Crippen LogP contribution in [0.4, 0.5) is 8.78 Å². The zero-order valence-electron chi connectivity index (χ0n) is 13.2. The SMILES string of the molecule is CC.Cc1c(F)cc2c(c1F)CN(C1CCC(=O)NC1=O)C2=O. The van der Waals surface area contributed by atoms with Crippen LogP contribution < -0.4 is 5.32 Å². The monoisotopic (exact) mass is 324 g/mol. The Balaban J connectivity index is 0.000000924. The minimum atomic E-state index is -0.828. The molecule has 3 rings (SSSR count). The summed E-state index contributed by atoms with van der Waals surface area (Å²) in [5, 5.41) is 2.15. The van der Waals surface area contributed by atoms with Crippen molar-refractivity contribution in [2.45, 2.75) is 46.2 Å². The van der Waals surface area contributed by atoms with E-state index in [-0.39, 0.29) is 36.1 Å². The minimum Gasteiger partial charge on any atom is -0.322 e. The molecule has 0 spiro atoms. The van der Waals surface area contributed by atoms with E-state index in [1.54, 1.807) is 0 Å². The van der Waals surface area contributed by atoms with Crippen molar-refractivity contribution in [3.05, 3.63) is 34.4 Å². The lowest BCUT2D eigenvalue weighted by Gasteiger charge is -2.29. The number of imide groups is 1. The summed E-state index contributed by atoms with van der Waals surface area (Å²) in [7, 11) is 0. The van der Waals surface area contributed by atoms with E-state index in [0.29, 0.717) is 0 Å². The predicted molar refractivity (Wildman–Crippen MR) is 78.5 cm³/mol. The summed E-state index contributed by atoms with van der Waals surface area (Å²) in [6.07, 6.45) is 0.305. The molecule has 23 heavy (non-hydrogen) atoms. The summed E-state index contributed by atoms with van der Waals surface area (Å²) in [5.74, 6) is -3.10. The molecule has 1 aromatic rings. The van der Waals surface area contributed by atoms with Crippen LogP contribution in [0, 0.1) is 18.6 Å². The standard InChI is InChI=1S/C14H12F2N2O3.C2H6/c1-6-9(15)4-7-8(12(6)16)5-18(14(7)21)10-2-3-11(19)17-13(10)20;1-2/h4,10H,2-3,5H2,1H3,(H,17,19,20);1-2H3. The van der Waals surface area contributed by atoms with E-state index in [9.17, 15) is 23.2 Å². The van der Waals surface area contributed by atoms with Crippen LogP contribution >= 0.6 is 0 Å². The molecule has 2 aliphatic heterocycles. The number of piperidine rings is 1. The first-order valence-electron chi connectivity index (χ1n) is 7.52. The molecular weight excluding hydrogens is 306 g/mol. The first-order valence-corrected chi connectivity index (χ1v) is 7.52. The first-order chi connectivity index (χ1) is 10.9. The van der Waals surface area contributed by atoms with Gasteiger partial charge in [0.2, 0.25) is 11.8 Å². The van der Waals surface area contributed by atoms with Gasteiger partial charge in [-0.2, -0.15) is 0 Å². The minimum absolute atomic E-state index is 0.0553. The highest BCUT2D eigenvalue weighted by molar-refractivity contribution is 6.05. The number of halogens is 2. The Bertz CT molecular complexity index is 688. The number of nitrogens with one attached hydrogen (secondary N) is 1. The largest absolute Gasteiger partial charge is 0.322 e. The number of hydrogen-bond donors (Lipinski definition) is 1. The van der Waals surface area contributed by atoms with Crippen LogP contribution in [0.3, 0.4) is 0 Å². The molecule has 0 aliphatic carbocycles. The van der Waals surface area contributed by atoms with Gasteiger partial charge in [0.15, 0.2) is 0 Å². The predicted octanol–water partition coefficient (Wildman–Crippen LogP) is 2.06. The van der Waals surface area contributed by atoms with Crippen LogP contribution in [0.1, 0.15) is 48.2 Å². The fourth-order valence-corrected chi connectivity index (χ4v) is 2.74. The number of hydrogen-bond acceptors (Lipinski definition) is 3. The molecule has 1 saturated heterocycles. The molecule has 1 aromatic carbocycles. The summed E-state index contributed by atoms with van der Waals surface area (Å²) in [6.45, 7) is 5.21. The third kappa shape index (κ3) is 2.83. The van der Waals surface area contributed by atoms with Gasteiger partial charge in [-0.25, -0.2) is 8.78 Å². The van der Waals surface area contributed by atoms with Gasteiger partial charge < -0.3 is 4.90 Å². The topological polar surface area (TPSA) is 66.5 Å². The molecule has 2 heterocycles. The van der Waals surface area contributed by atoms with E-state index in [2.05, 4.69) is 5.32 Å². The van der Waals surface area contributed by atoms with Gasteiger partial charge in [0.1, 0.15) is 17.7 Å². The van der Waals surface area contributed by atoms with Gasteiger partial charge in [0.25, 0.3) is 5.91 Å². The maximum Gasteiger partial charge on any atom is 0.255 e. The molecule has 0 bridgehead atoms. The summed E-state index contributed by atoms with van der Waals surface area (Å²) in [5.41, 5.74) is -0.101. The Hall–Kier alpha value is -2.31. The van der Waals surface area contributed by atoms with Gasteiger partial charge in [-0.1, -0.05) is 13.8 Å². The van der Waals surface area contributed by atoms with Gasteiger partial charge in [-0.15, -0.1) is 0 Å². The summed E-state index contributed by atoms with van der Waals surface area (Å²) >= 11 is 0. The number of benzene rings is 1. The van der Waals surface area contributed by atoms with Crippen molar-refractivity contribution in [1.29, 1.82) is 0 Å². The summed E-state index contributed by atoms with van der Waals surface area (Å²) in [6, 6.07) is 0.174. The number of nitrogens with zero attached hydrogens (tertiary/aromatic N) is 1. The molecule has 0 aromatic heterocycles. The highest BCUT2D eigenvalue weighted by atomic mass is 19.1. The number of amides is 3. The van der Waals surface area contributed by atoms with Crippen molar-refractivity contribution in [3.8, 4) is 0 Å². The van der Waals surface area contributed by atoms with E-state index in [4.69, 9.17) is 0 Å². The average molecular weight is 324 g/mol. The van der Waals surface area contributed by atoms with Gasteiger partial charge in [-0.05, 0) is 19.4 Å². The van der Waals surface area contributed by atoms with Gasteiger partial charge in [0, 0.05) is 17.5 Å². The van der Waals surface area contributed by atoms with Gasteiger partial charge >= 0.3 is 0 Å². The Kier molecular flexibility index (Phi) is 4.77. The molecule has 2 aliphatic rings. The van der Waals surface area contributed by atoms with Gasteiger partial charge in [0.05, 0.1) is 12.1 Å². The van der Waals surface area contributed by atoms with E-state index < -0.39 is 35.4 Å². The molecule has 7 heteroatoms. The second-order valence-corrected chi connectivity index (χ2v) is 5.22. The lowest BCUT2D eigenvalue weighted by atomic mass is 10.0. The van der Waals surface area contributed by atoms with Crippen LogP contribution in [0.25, 0.3) is 0 Å². The van der Waals surface area contributed by atoms with E-state index in [1.165, 1.54) is 11.8 Å². The number of fused-ring (bicyclic) bond motifs is 1. The van der Waals surface area contributed by atoms with E-state index >= 15 is 0 Å². The molecule has 124 valence electrons. The normalized spacial score (nSPS) is 20.0. The lowest BCUT2D eigenvalue weighted by molar-refractivity contribution is -0.136. The Morgan fingerprint density at radius 1 is 1.22 bits per heavy atom. The van der Waals surface area contributed by atoms with Crippen molar-refractivity contribution in [1.82, 2.24) is 10.2 Å². The third-order valence-corrected chi connectivity index (χ3v) is 3.95. The molecule has 1 fully saturated rings. The highest BCUT2D eigenvalue weighted by Crippen LogP contribution is 2.31. The maximum atomic E-state index is 14.1. The van der Waals surface area contributed by atoms with Crippen molar-refractivity contribution in [2.75, 3.05) is 0 Å². The fourth-order valence-electron chi connectivity index (χ4n) is 2.74. The second kappa shape index (κ2) is 6.44. The summed E-state index contributed by atoms with van der Waals surface area (Å²) < 4.78 is 27.6. The molecule has 1 N–H and O–H groups in total. The number of rotatable bonds is 1. The van der Waals surface area contributed by atoms with E-state index in [1.807, 2.05) is 13.8 Å². The number of carbonyl (C=O) groups excluding carboxylic acids is 3. The highest BCUT2D eigenvalue weighted by Gasteiger charge is 2.40. The molecule has 1 unspecified atom stereocenters. The Morgan fingerprint density at radius 2 is 1.87 bits per heavy atom. The molecule has 1 atom stereocenters.